The van der Waals surface area contributed by atoms with Crippen LogP contribution >= 0.6 is 12.4 Å². The first-order chi connectivity index (χ1) is 13.2. The standard InChI is InChI=1S/C21H35N5O.ClH/c1-2-3-25(5-4-24-6-8-27-9-7-24)20-16-26(23-22-20)21-13-17-10-18(14-21)12-19(11-17)15-21;/h16-19H,2-15H2,1H3;1H. The summed E-state index contributed by atoms with van der Waals surface area (Å²) in [5, 5.41) is 9.35. The van der Waals surface area contributed by atoms with E-state index >= 15 is 0 Å². The van der Waals surface area contributed by atoms with Gasteiger partial charge in [-0.2, -0.15) is 0 Å². The van der Waals surface area contributed by atoms with E-state index in [0.717, 1.165) is 75.9 Å². The first kappa shape index (κ1) is 20.4. The van der Waals surface area contributed by atoms with Gasteiger partial charge in [-0.05, 0) is 62.7 Å². The highest BCUT2D eigenvalue weighted by atomic mass is 35.5. The summed E-state index contributed by atoms with van der Waals surface area (Å²) >= 11 is 0. The van der Waals surface area contributed by atoms with Crippen molar-refractivity contribution in [3.63, 3.8) is 0 Å². The molecule has 1 saturated heterocycles. The van der Waals surface area contributed by atoms with E-state index in [-0.39, 0.29) is 17.9 Å². The van der Waals surface area contributed by atoms with Crippen LogP contribution in [0.5, 0.6) is 0 Å². The molecule has 1 aliphatic heterocycles. The second kappa shape index (κ2) is 8.49. The molecule has 0 spiro atoms. The molecule has 158 valence electrons. The smallest absolute Gasteiger partial charge is 0.171 e. The predicted octanol–water partition coefficient (Wildman–Crippen LogP) is 3.17. The Kier molecular flexibility index (Phi) is 6.19. The fraction of sp³-hybridized carbons (Fsp3) is 0.905. The number of morpholine rings is 1. The Morgan fingerprint density at radius 3 is 2.32 bits per heavy atom. The SMILES string of the molecule is CCCN(CCN1CCOCC1)c1cn(C23CC4CC(CC(C4)C2)C3)nn1.Cl. The molecule has 0 radical (unpaired) electrons. The predicted molar refractivity (Wildman–Crippen MR) is 113 cm³/mol. The third-order valence-electron chi connectivity index (χ3n) is 7.58. The first-order valence-electron chi connectivity index (χ1n) is 11.2. The van der Waals surface area contributed by atoms with E-state index in [9.17, 15) is 0 Å². The molecule has 0 atom stereocenters. The molecule has 6 nitrogen and oxygen atoms in total. The van der Waals surface area contributed by atoms with Crippen LogP contribution in [0.4, 0.5) is 5.82 Å². The molecule has 5 fully saturated rings. The van der Waals surface area contributed by atoms with Gasteiger partial charge in [0.05, 0.1) is 24.9 Å². The van der Waals surface area contributed by atoms with E-state index in [1.807, 2.05) is 0 Å². The molecule has 2 heterocycles. The van der Waals surface area contributed by atoms with Gasteiger partial charge < -0.3 is 9.64 Å². The Morgan fingerprint density at radius 1 is 1.07 bits per heavy atom. The molecule has 0 aromatic carbocycles. The lowest BCUT2D eigenvalue weighted by Gasteiger charge is -2.56. The fourth-order valence-corrected chi connectivity index (χ4v) is 6.67. The zero-order valence-electron chi connectivity index (χ0n) is 17.3. The second-order valence-corrected chi connectivity index (χ2v) is 9.60. The number of anilines is 1. The lowest BCUT2D eigenvalue weighted by Crippen LogP contribution is -2.52. The van der Waals surface area contributed by atoms with Crippen LogP contribution in [-0.2, 0) is 10.3 Å². The molecule has 6 rings (SSSR count). The molecule has 1 aromatic rings. The normalized spacial score (nSPS) is 34.4. The molecule has 28 heavy (non-hydrogen) atoms. The van der Waals surface area contributed by atoms with Crippen molar-refractivity contribution in [1.29, 1.82) is 0 Å². The number of rotatable bonds is 7. The highest BCUT2D eigenvalue weighted by molar-refractivity contribution is 5.85. The van der Waals surface area contributed by atoms with E-state index in [4.69, 9.17) is 9.95 Å². The summed E-state index contributed by atoms with van der Waals surface area (Å²) in [6.07, 6.45) is 11.9. The summed E-state index contributed by atoms with van der Waals surface area (Å²) in [5.74, 6) is 3.91. The third-order valence-corrected chi connectivity index (χ3v) is 7.58. The summed E-state index contributed by atoms with van der Waals surface area (Å²) < 4.78 is 7.77. The molecular formula is C21H36ClN5O. The molecule has 4 bridgehead atoms. The van der Waals surface area contributed by atoms with Gasteiger partial charge in [-0.25, -0.2) is 4.68 Å². The monoisotopic (exact) mass is 409 g/mol. The molecule has 0 amide bonds. The van der Waals surface area contributed by atoms with Crippen LogP contribution in [-0.4, -0.2) is 65.8 Å². The van der Waals surface area contributed by atoms with Crippen LogP contribution in [0, 0.1) is 17.8 Å². The van der Waals surface area contributed by atoms with Crippen molar-refractivity contribution in [2.45, 2.75) is 57.4 Å². The van der Waals surface area contributed by atoms with Crippen molar-refractivity contribution in [3.8, 4) is 0 Å². The number of hydrogen-bond donors (Lipinski definition) is 0. The topological polar surface area (TPSA) is 46.4 Å². The molecule has 4 aliphatic carbocycles. The zero-order chi connectivity index (χ0) is 18.3. The Hall–Kier alpha value is -0.850. The van der Waals surface area contributed by atoms with Gasteiger partial charge in [0, 0.05) is 32.7 Å². The quantitative estimate of drug-likeness (QED) is 0.692. The van der Waals surface area contributed by atoms with E-state index in [1.54, 1.807) is 0 Å². The highest BCUT2D eigenvalue weighted by Gasteiger charge is 2.52. The maximum atomic E-state index is 5.48. The first-order valence-corrected chi connectivity index (χ1v) is 11.2. The van der Waals surface area contributed by atoms with Gasteiger partial charge in [0.25, 0.3) is 0 Å². The van der Waals surface area contributed by atoms with E-state index in [2.05, 4.69) is 32.7 Å². The molecule has 0 N–H and O–H groups in total. The molecule has 1 aromatic heterocycles. The van der Waals surface area contributed by atoms with Crippen LogP contribution < -0.4 is 4.90 Å². The number of aromatic nitrogens is 3. The molecule has 4 saturated carbocycles. The fourth-order valence-electron chi connectivity index (χ4n) is 6.67. The number of halogens is 1. The summed E-state index contributed by atoms with van der Waals surface area (Å²) in [6.45, 7) is 9.29. The van der Waals surface area contributed by atoms with Crippen LogP contribution in [0.2, 0.25) is 0 Å². The minimum absolute atomic E-state index is 0. The van der Waals surface area contributed by atoms with Crippen LogP contribution in [0.15, 0.2) is 6.20 Å². The van der Waals surface area contributed by atoms with Crippen molar-refractivity contribution < 1.29 is 4.74 Å². The number of nitrogens with zero attached hydrogens (tertiary/aromatic N) is 5. The number of hydrogen-bond acceptors (Lipinski definition) is 5. The van der Waals surface area contributed by atoms with Crippen molar-refractivity contribution in [3.05, 3.63) is 6.20 Å². The Morgan fingerprint density at radius 2 is 1.71 bits per heavy atom. The van der Waals surface area contributed by atoms with E-state index < -0.39 is 0 Å². The molecular weight excluding hydrogens is 374 g/mol. The van der Waals surface area contributed by atoms with Gasteiger partial charge in [0.15, 0.2) is 5.82 Å². The summed E-state index contributed by atoms with van der Waals surface area (Å²) in [6, 6.07) is 0. The molecule has 5 aliphatic rings. The van der Waals surface area contributed by atoms with Crippen LogP contribution in [0.3, 0.4) is 0 Å². The average molecular weight is 410 g/mol. The van der Waals surface area contributed by atoms with Crippen molar-refractivity contribution in [1.82, 2.24) is 19.9 Å². The minimum atomic E-state index is 0. The minimum Gasteiger partial charge on any atom is -0.379 e. The maximum Gasteiger partial charge on any atom is 0.171 e. The Bertz CT molecular complexity index is 609. The average Bonchev–Trinajstić information content (AvgIpc) is 3.16. The van der Waals surface area contributed by atoms with Crippen molar-refractivity contribution in [2.75, 3.05) is 50.8 Å². The van der Waals surface area contributed by atoms with Gasteiger partial charge in [-0.1, -0.05) is 12.1 Å². The Labute approximate surface area is 175 Å². The maximum absolute atomic E-state index is 5.48. The van der Waals surface area contributed by atoms with Crippen LogP contribution in [0.25, 0.3) is 0 Å². The van der Waals surface area contributed by atoms with E-state index in [0.29, 0.717) is 0 Å². The van der Waals surface area contributed by atoms with Crippen molar-refractivity contribution >= 4 is 18.2 Å². The largest absolute Gasteiger partial charge is 0.379 e. The van der Waals surface area contributed by atoms with Crippen molar-refractivity contribution in [2.24, 2.45) is 17.8 Å². The van der Waals surface area contributed by atoms with Gasteiger partial charge in [-0.3, -0.25) is 4.90 Å². The van der Waals surface area contributed by atoms with Gasteiger partial charge in [0.1, 0.15) is 0 Å². The highest BCUT2D eigenvalue weighted by Crippen LogP contribution is 2.58. The van der Waals surface area contributed by atoms with Gasteiger partial charge in [-0.15, -0.1) is 17.5 Å². The lowest BCUT2D eigenvalue weighted by molar-refractivity contribution is -0.0502. The summed E-state index contributed by atoms with van der Waals surface area (Å²) in [4.78, 5) is 4.95. The Balaban J connectivity index is 0.00000192. The van der Waals surface area contributed by atoms with Gasteiger partial charge >= 0.3 is 0 Å². The van der Waals surface area contributed by atoms with Gasteiger partial charge in [0.2, 0.25) is 0 Å². The molecule has 7 heteroatoms. The second-order valence-electron chi connectivity index (χ2n) is 9.60. The lowest BCUT2D eigenvalue weighted by atomic mass is 9.53. The zero-order valence-corrected chi connectivity index (χ0v) is 18.1. The number of ether oxygens (including phenoxy) is 1. The molecule has 0 unspecified atom stereocenters. The third kappa shape index (κ3) is 3.92. The van der Waals surface area contributed by atoms with Crippen LogP contribution in [0.1, 0.15) is 51.9 Å². The summed E-state index contributed by atoms with van der Waals surface area (Å²) in [5.41, 5.74) is 0.280. The van der Waals surface area contributed by atoms with E-state index in [1.165, 1.54) is 38.5 Å². The summed E-state index contributed by atoms with van der Waals surface area (Å²) in [7, 11) is 0.